The van der Waals surface area contributed by atoms with Crippen molar-refractivity contribution in [1.82, 2.24) is 25.1 Å². The molecule has 2 amide bonds. The van der Waals surface area contributed by atoms with Crippen LogP contribution in [0.4, 0.5) is 15.6 Å². The molecule has 0 aliphatic rings. The van der Waals surface area contributed by atoms with E-state index in [1.54, 1.807) is 36.1 Å². The van der Waals surface area contributed by atoms with Crippen molar-refractivity contribution in [1.29, 1.82) is 0 Å². The van der Waals surface area contributed by atoms with Gasteiger partial charge in [-0.3, -0.25) is 10.4 Å². The van der Waals surface area contributed by atoms with Crippen LogP contribution in [0.2, 0.25) is 0 Å². The smallest absolute Gasteiger partial charge is 0.308 e. The van der Waals surface area contributed by atoms with Crippen LogP contribution in [0.15, 0.2) is 48.2 Å². The van der Waals surface area contributed by atoms with E-state index in [0.29, 0.717) is 16.6 Å². The monoisotopic (exact) mass is 363 g/mol. The molecule has 128 valence electrons. The molecule has 0 spiro atoms. The number of aromatic amines is 1. The van der Waals surface area contributed by atoms with Crippen molar-refractivity contribution in [3.05, 3.63) is 59.8 Å². The van der Waals surface area contributed by atoms with Crippen LogP contribution in [0, 0.1) is 0 Å². The Morgan fingerprint density at radius 1 is 1.08 bits per heavy atom. The minimum Gasteiger partial charge on any atom is -0.308 e. The zero-order valence-corrected chi connectivity index (χ0v) is 14.2. The summed E-state index contributed by atoms with van der Waals surface area (Å²) < 4.78 is 0. The lowest BCUT2D eigenvalue weighted by molar-refractivity contribution is 0.262. The highest BCUT2D eigenvalue weighted by Crippen LogP contribution is 2.22. The van der Waals surface area contributed by atoms with Crippen LogP contribution in [0.25, 0.3) is 23.1 Å². The van der Waals surface area contributed by atoms with E-state index in [-0.39, 0.29) is 6.03 Å². The van der Waals surface area contributed by atoms with Gasteiger partial charge in [-0.25, -0.2) is 19.7 Å². The van der Waals surface area contributed by atoms with Crippen LogP contribution in [-0.2, 0) is 0 Å². The maximum absolute atomic E-state index is 12.0. The van der Waals surface area contributed by atoms with Crippen LogP contribution in [0.1, 0.15) is 11.5 Å². The van der Waals surface area contributed by atoms with Gasteiger partial charge in [-0.05, 0) is 36.4 Å². The van der Waals surface area contributed by atoms with Gasteiger partial charge in [0.25, 0.3) is 0 Å². The van der Waals surface area contributed by atoms with Gasteiger partial charge in [0.05, 0.1) is 11.2 Å². The minimum absolute atomic E-state index is 0.347. The number of carbonyl (C=O) groups excluding carboxylic acids is 1. The van der Waals surface area contributed by atoms with Gasteiger partial charge >= 0.3 is 6.03 Å². The average Bonchev–Trinajstić information content (AvgIpc) is 3.30. The molecule has 3 N–H and O–H groups in total. The zero-order valence-electron chi connectivity index (χ0n) is 13.4. The first kappa shape index (κ1) is 15.9. The van der Waals surface area contributed by atoms with Crippen molar-refractivity contribution in [2.24, 2.45) is 0 Å². The van der Waals surface area contributed by atoms with Gasteiger partial charge in [-0.1, -0.05) is 0 Å². The molecule has 3 heterocycles. The van der Waals surface area contributed by atoms with Gasteiger partial charge in [-0.15, -0.1) is 11.3 Å². The first-order chi connectivity index (χ1) is 12.8. The number of benzene rings is 1. The van der Waals surface area contributed by atoms with E-state index in [4.69, 9.17) is 0 Å². The molecule has 1 aromatic carbocycles. The molecule has 0 aliphatic heterocycles. The molecule has 26 heavy (non-hydrogen) atoms. The van der Waals surface area contributed by atoms with Gasteiger partial charge in [0.2, 0.25) is 0 Å². The van der Waals surface area contributed by atoms with E-state index in [2.05, 4.69) is 35.8 Å². The number of carbonyl (C=O) groups is 1. The normalized spacial score (nSPS) is 11.1. The second-order valence-electron chi connectivity index (χ2n) is 5.23. The quantitative estimate of drug-likeness (QED) is 0.513. The second kappa shape index (κ2) is 7.11. The number of anilines is 2. The van der Waals surface area contributed by atoms with Crippen LogP contribution < -0.4 is 10.6 Å². The molecule has 3 aromatic heterocycles. The summed E-state index contributed by atoms with van der Waals surface area (Å²) in [5.74, 6) is 0.612. The number of hydrogen-bond donors (Lipinski definition) is 3. The third kappa shape index (κ3) is 3.57. The van der Waals surface area contributed by atoms with Crippen LogP contribution in [0.3, 0.4) is 0 Å². The summed E-state index contributed by atoms with van der Waals surface area (Å²) in [5.41, 5.74) is 2.23. The summed E-state index contributed by atoms with van der Waals surface area (Å²) in [6.45, 7) is 0. The summed E-state index contributed by atoms with van der Waals surface area (Å²) >= 11 is 1.35. The van der Waals surface area contributed by atoms with Gasteiger partial charge in [0, 0.05) is 35.0 Å². The first-order valence-corrected chi connectivity index (χ1v) is 8.56. The number of aromatic nitrogens is 5. The fourth-order valence-electron chi connectivity index (χ4n) is 2.34. The van der Waals surface area contributed by atoms with E-state index in [9.17, 15) is 4.79 Å². The Hall–Kier alpha value is -3.59. The largest absolute Gasteiger partial charge is 0.325 e. The molecule has 8 nitrogen and oxygen atoms in total. The van der Waals surface area contributed by atoms with Crippen molar-refractivity contribution >= 4 is 51.2 Å². The van der Waals surface area contributed by atoms with Gasteiger partial charge < -0.3 is 5.32 Å². The van der Waals surface area contributed by atoms with E-state index >= 15 is 0 Å². The molecule has 0 saturated heterocycles. The highest BCUT2D eigenvalue weighted by atomic mass is 32.1. The minimum atomic E-state index is -0.347. The third-order valence-electron chi connectivity index (χ3n) is 3.48. The zero-order chi connectivity index (χ0) is 17.8. The molecular weight excluding hydrogens is 350 g/mol. The number of nitrogens with zero attached hydrogens (tertiary/aromatic N) is 4. The topological polar surface area (TPSA) is 108 Å². The first-order valence-electron chi connectivity index (χ1n) is 7.69. The summed E-state index contributed by atoms with van der Waals surface area (Å²) in [5, 5.41) is 16.0. The maximum Gasteiger partial charge on any atom is 0.325 e. The summed E-state index contributed by atoms with van der Waals surface area (Å²) in [4.78, 5) is 24.3. The standard InChI is InChI=1S/C17H13N7OS/c25-16(22-17-20-8-9-26-17)21-11-2-3-12-13(23-24-14(12)10-11)4-5-15-18-6-1-7-19-15/h1-10H,(H,23,24)(H2,20,21,22,25)/b5-4+. The highest BCUT2D eigenvalue weighted by Gasteiger charge is 2.07. The number of fused-ring (bicyclic) bond motifs is 1. The number of urea groups is 1. The fraction of sp³-hybridized carbons (Fsp3) is 0. The number of thiazole rings is 1. The molecule has 0 unspecified atom stereocenters. The van der Waals surface area contributed by atoms with E-state index in [0.717, 1.165) is 16.6 Å². The lowest BCUT2D eigenvalue weighted by atomic mass is 10.2. The summed E-state index contributed by atoms with van der Waals surface area (Å²) in [7, 11) is 0. The molecule has 4 rings (SSSR count). The van der Waals surface area contributed by atoms with Gasteiger partial charge in [0.15, 0.2) is 11.0 Å². The van der Waals surface area contributed by atoms with E-state index in [1.165, 1.54) is 11.3 Å². The lowest BCUT2D eigenvalue weighted by Gasteiger charge is -2.05. The Kier molecular flexibility index (Phi) is 4.35. The lowest BCUT2D eigenvalue weighted by Crippen LogP contribution is -2.19. The maximum atomic E-state index is 12.0. The van der Waals surface area contributed by atoms with Crippen LogP contribution >= 0.6 is 11.3 Å². The van der Waals surface area contributed by atoms with Crippen molar-refractivity contribution < 1.29 is 4.79 Å². The Morgan fingerprint density at radius 2 is 1.96 bits per heavy atom. The van der Waals surface area contributed by atoms with Crippen molar-refractivity contribution in [2.45, 2.75) is 0 Å². The number of H-pyrrole nitrogens is 1. The Labute approximate surface area is 152 Å². The molecule has 0 atom stereocenters. The van der Waals surface area contributed by atoms with Crippen LogP contribution in [-0.4, -0.2) is 31.2 Å². The predicted octanol–water partition coefficient (Wildman–Crippen LogP) is 3.62. The van der Waals surface area contributed by atoms with Crippen molar-refractivity contribution in [3.8, 4) is 0 Å². The van der Waals surface area contributed by atoms with Crippen LogP contribution in [0.5, 0.6) is 0 Å². The summed E-state index contributed by atoms with van der Waals surface area (Å²) in [6.07, 6.45) is 8.64. The van der Waals surface area contributed by atoms with Crippen molar-refractivity contribution in [3.63, 3.8) is 0 Å². The molecule has 4 aromatic rings. The Morgan fingerprint density at radius 3 is 2.77 bits per heavy atom. The molecular formula is C17H13N7OS. The number of hydrogen-bond acceptors (Lipinski definition) is 6. The SMILES string of the molecule is O=C(Nc1ccc2c(/C=C/c3ncccn3)n[nH]c2c1)Nc1nccs1. The Balaban J connectivity index is 1.50. The van der Waals surface area contributed by atoms with Crippen molar-refractivity contribution in [2.75, 3.05) is 10.6 Å². The van der Waals surface area contributed by atoms with E-state index < -0.39 is 0 Å². The van der Waals surface area contributed by atoms with Gasteiger partial charge in [0.1, 0.15) is 0 Å². The second-order valence-corrected chi connectivity index (χ2v) is 6.12. The molecule has 0 fully saturated rings. The number of nitrogens with one attached hydrogen (secondary N) is 3. The molecule has 0 radical (unpaired) electrons. The number of rotatable bonds is 4. The molecule has 0 aliphatic carbocycles. The molecule has 9 heteroatoms. The fourth-order valence-corrected chi connectivity index (χ4v) is 2.86. The van der Waals surface area contributed by atoms with Gasteiger partial charge in [-0.2, -0.15) is 5.10 Å². The average molecular weight is 363 g/mol. The third-order valence-corrected chi connectivity index (χ3v) is 4.17. The Bertz CT molecular complexity index is 1060. The number of amides is 2. The van der Waals surface area contributed by atoms with E-state index in [1.807, 2.05) is 24.3 Å². The highest BCUT2D eigenvalue weighted by molar-refractivity contribution is 7.13. The molecule has 0 bridgehead atoms. The molecule has 0 saturated carbocycles. The predicted molar refractivity (Wildman–Crippen MR) is 102 cm³/mol. The summed E-state index contributed by atoms with van der Waals surface area (Å²) in [6, 6.07) is 6.94.